The highest BCUT2D eigenvalue weighted by molar-refractivity contribution is 7.12. The smallest absolute Gasteiger partial charge is 0.266 e. The van der Waals surface area contributed by atoms with Gasteiger partial charge in [0.1, 0.15) is 23.0 Å². The van der Waals surface area contributed by atoms with E-state index in [2.05, 4.69) is 21.7 Å². The van der Waals surface area contributed by atoms with Crippen LogP contribution in [-0.4, -0.2) is 27.9 Å². The number of pyridine rings is 1. The molecule has 8 nitrogen and oxygen atoms in total. The molecule has 4 rings (SSSR count). The first-order valence-corrected chi connectivity index (χ1v) is 11.4. The number of hydrogen-bond acceptors (Lipinski definition) is 8. The summed E-state index contributed by atoms with van der Waals surface area (Å²) < 4.78 is 0. The molecule has 4 aromatic rings. The van der Waals surface area contributed by atoms with Gasteiger partial charge in [0.15, 0.2) is 12.1 Å². The minimum absolute atomic E-state index is 0.00601. The van der Waals surface area contributed by atoms with Crippen molar-refractivity contribution in [3.8, 4) is 34.2 Å². The maximum atomic E-state index is 12.8. The fourth-order valence-electron chi connectivity index (χ4n) is 3.49. The monoisotopic (exact) mass is 483 g/mol. The Morgan fingerprint density at radius 3 is 2.63 bits per heavy atom. The molecule has 0 saturated carbocycles. The van der Waals surface area contributed by atoms with Gasteiger partial charge < -0.3 is 21.5 Å². The number of nitrogens with one attached hydrogen (secondary N) is 2. The average molecular weight is 484 g/mol. The van der Waals surface area contributed by atoms with Crippen LogP contribution in [0.25, 0.3) is 22.4 Å². The Kier molecular flexibility index (Phi) is 6.59. The Morgan fingerprint density at radius 2 is 1.94 bits per heavy atom. The molecule has 0 aliphatic carbocycles. The van der Waals surface area contributed by atoms with Crippen LogP contribution in [0.3, 0.4) is 0 Å². The van der Waals surface area contributed by atoms with Crippen LogP contribution in [-0.2, 0) is 4.79 Å². The van der Waals surface area contributed by atoms with Crippen LogP contribution >= 0.6 is 11.3 Å². The van der Waals surface area contributed by atoms with Crippen LogP contribution in [0.2, 0.25) is 0 Å². The molecule has 1 amide bonds. The number of para-hydroxylation sites is 1. The molecule has 9 heteroatoms. The molecule has 0 bridgehead atoms. The number of rotatable bonds is 7. The SMILES string of the molecule is C[C@@](N)(C=O)Nc1cccc(-c2cc(-c3ccccc3O)nc(NC(=O)c3cccs3)c2C#N)c1. The zero-order chi connectivity index (χ0) is 25.0. The molecule has 0 unspecified atom stereocenters. The van der Waals surface area contributed by atoms with Gasteiger partial charge in [0, 0.05) is 16.8 Å². The molecule has 0 fully saturated rings. The largest absolute Gasteiger partial charge is 0.507 e. The molecule has 2 aromatic heterocycles. The number of aromatic hydroxyl groups is 1. The topological polar surface area (TPSA) is 141 Å². The van der Waals surface area contributed by atoms with E-state index in [9.17, 15) is 20.0 Å². The molecule has 0 radical (unpaired) electrons. The van der Waals surface area contributed by atoms with Gasteiger partial charge in [-0.05, 0) is 54.3 Å². The van der Waals surface area contributed by atoms with Crippen molar-refractivity contribution in [2.75, 3.05) is 10.6 Å². The van der Waals surface area contributed by atoms with Crippen molar-refractivity contribution in [2.45, 2.75) is 12.6 Å². The first-order valence-electron chi connectivity index (χ1n) is 10.5. The number of carbonyl (C=O) groups is 2. The molecule has 2 heterocycles. The summed E-state index contributed by atoms with van der Waals surface area (Å²) in [5.41, 5.74) is 7.27. The lowest BCUT2D eigenvalue weighted by Gasteiger charge is -2.21. The molecule has 35 heavy (non-hydrogen) atoms. The minimum Gasteiger partial charge on any atom is -0.507 e. The molecule has 2 aromatic carbocycles. The van der Waals surface area contributed by atoms with Crippen LogP contribution in [0.15, 0.2) is 72.1 Å². The summed E-state index contributed by atoms with van der Waals surface area (Å²) in [4.78, 5) is 29.0. The highest BCUT2D eigenvalue weighted by Gasteiger charge is 2.21. The van der Waals surface area contributed by atoms with Crippen molar-refractivity contribution in [1.82, 2.24) is 4.98 Å². The van der Waals surface area contributed by atoms with Gasteiger partial charge in [0.05, 0.1) is 10.6 Å². The van der Waals surface area contributed by atoms with E-state index in [1.807, 2.05) is 0 Å². The van der Waals surface area contributed by atoms with Gasteiger partial charge in [-0.2, -0.15) is 5.26 Å². The van der Waals surface area contributed by atoms with Crippen LogP contribution in [0.5, 0.6) is 5.75 Å². The molecule has 0 spiro atoms. The van der Waals surface area contributed by atoms with E-state index < -0.39 is 11.6 Å². The number of benzene rings is 2. The van der Waals surface area contributed by atoms with E-state index in [1.165, 1.54) is 24.3 Å². The highest BCUT2D eigenvalue weighted by Crippen LogP contribution is 2.36. The van der Waals surface area contributed by atoms with E-state index >= 15 is 0 Å². The first-order chi connectivity index (χ1) is 16.8. The highest BCUT2D eigenvalue weighted by atomic mass is 32.1. The molecule has 0 aliphatic heterocycles. The summed E-state index contributed by atoms with van der Waals surface area (Å²) in [6, 6.07) is 20.9. The number of aldehydes is 1. The number of nitrogens with two attached hydrogens (primary N) is 1. The lowest BCUT2D eigenvalue weighted by atomic mass is 9.97. The van der Waals surface area contributed by atoms with Crippen LogP contribution in [0.4, 0.5) is 11.5 Å². The number of hydrogen-bond donors (Lipinski definition) is 4. The predicted octanol–water partition coefficient (Wildman–Crippen LogP) is 4.59. The van der Waals surface area contributed by atoms with Gasteiger partial charge in [0.2, 0.25) is 0 Å². The van der Waals surface area contributed by atoms with Gasteiger partial charge in [-0.3, -0.25) is 9.59 Å². The Hall–Kier alpha value is -4.52. The Bertz CT molecular complexity index is 1440. The number of carbonyl (C=O) groups excluding carboxylic acids is 2. The fraction of sp³-hybridized carbons (Fsp3) is 0.0769. The van der Waals surface area contributed by atoms with Crippen molar-refractivity contribution < 1.29 is 14.7 Å². The van der Waals surface area contributed by atoms with E-state index in [1.54, 1.807) is 66.0 Å². The van der Waals surface area contributed by atoms with E-state index in [4.69, 9.17) is 5.73 Å². The molecular weight excluding hydrogens is 462 g/mol. The Balaban J connectivity index is 1.88. The van der Waals surface area contributed by atoms with Crippen molar-refractivity contribution in [2.24, 2.45) is 5.73 Å². The van der Waals surface area contributed by atoms with Crippen molar-refractivity contribution in [1.29, 1.82) is 5.26 Å². The standard InChI is InChI=1S/C26H21N5O3S/c1-26(28,15-32)31-17-7-4-6-16(12-17)19-13-21(18-8-2-3-9-22(18)33)29-24(20(19)14-27)30-25(34)23-10-5-11-35-23/h2-13,15,31,33H,28H2,1H3,(H,29,30,34)/t26-/m0/s1. The quantitative estimate of drug-likeness (QED) is 0.222. The number of aromatic nitrogens is 1. The molecule has 0 saturated heterocycles. The Morgan fingerprint density at radius 1 is 1.14 bits per heavy atom. The first kappa shape index (κ1) is 23.6. The van der Waals surface area contributed by atoms with Gasteiger partial charge >= 0.3 is 0 Å². The van der Waals surface area contributed by atoms with Crippen molar-refractivity contribution in [3.63, 3.8) is 0 Å². The third-order valence-electron chi connectivity index (χ3n) is 5.12. The van der Waals surface area contributed by atoms with E-state index in [0.29, 0.717) is 39.2 Å². The number of thiophene rings is 1. The second-order valence-corrected chi connectivity index (χ2v) is 8.89. The second-order valence-electron chi connectivity index (χ2n) is 7.95. The normalized spacial score (nSPS) is 12.3. The molecule has 0 aliphatic rings. The average Bonchev–Trinajstić information content (AvgIpc) is 3.39. The molecule has 1 atom stereocenters. The zero-order valence-corrected chi connectivity index (χ0v) is 19.5. The maximum Gasteiger partial charge on any atom is 0.266 e. The van der Waals surface area contributed by atoms with Gasteiger partial charge in [-0.15, -0.1) is 11.3 Å². The predicted molar refractivity (Wildman–Crippen MR) is 136 cm³/mol. The number of nitriles is 1. The van der Waals surface area contributed by atoms with Crippen molar-refractivity contribution in [3.05, 3.63) is 82.6 Å². The molecule has 5 N–H and O–H groups in total. The third-order valence-corrected chi connectivity index (χ3v) is 5.99. The number of amides is 1. The second kappa shape index (κ2) is 9.77. The summed E-state index contributed by atoms with van der Waals surface area (Å²) in [5.74, 6) is -0.326. The molecular formula is C26H21N5O3S. The number of nitrogens with zero attached hydrogens (tertiary/aromatic N) is 2. The summed E-state index contributed by atoms with van der Waals surface area (Å²) in [6.07, 6.45) is 0.599. The summed E-state index contributed by atoms with van der Waals surface area (Å²) in [5, 5.41) is 27.9. The fourth-order valence-corrected chi connectivity index (χ4v) is 4.11. The minimum atomic E-state index is -1.28. The lowest BCUT2D eigenvalue weighted by molar-refractivity contribution is -0.110. The summed E-state index contributed by atoms with van der Waals surface area (Å²) in [6.45, 7) is 1.54. The zero-order valence-electron chi connectivity index (χ0n) is 18.6. The van der Waals surface area contributed by atoms with E-state index in [-0.39, 0.29) is 17.1 Å². The maximum absolute atomic E-state index is 12.8. The Labute approximate surface area is 205 Å². The summed E-state index contributed by atoms with van der Waals surface area (Å²) in [7, 11) is 0. The van der Waals surface area contributed by atoms with Gasteiger partial charge in [-0.1, -0.05) is 30.3 Å². The van der Waals surface area contributed by atoms with Crippen LogP contribution in [0.1, 0.15) is 22.2 Å². The molecule has 174 valence electrons. The number of phenolic OH excluding ortho intramolecular Hbond substituents is 1. The van der Waals surface area contributed by atoms with Crippen molar-refractivity contribution >= 4 is 35.0 Å². The van der Waals surface area contributed by atoms with Crippen LogP contribution < -0.4 is 16.4 Å². The van der Waals surface area contributed by atoms with E-state index in [0.717, 1.165) is 0 Å². The number of phenols is 1. The number of anilines is 2. The van der Waals surface area contributed by atoms with Crippen LogP contribution in [0, 0.1) is 11.3 Å². The summed E-state index contributed by atoms with van der Waals surface area (Å²) >= 11 is 1.27. The lowest BCUT2D eigenvalue weighted by Crippen LogP contribution is -2.46. The van der Waals surface area contributed by atoms with Gasteiger partial charge in [0.25, 0.3) is 5.91 Å². The third kappa shape index (κ3) is 5.19. The van der Waals surface area contributed by atoms with Gasteiger partial charge in [-0.25, -0.2) is 4.98 Å².